The number of piperazine rings is 1. The zero-order valence-corrected chi connectivity index (χ0v) is 15.6. The van der Waals surface area contributed by atoms with Crippen LogP contribution in [0.4, 0.5) is 0 Å². The van der Waals surface area contributed by atoms with Crippen molar-refractivity contribution in [1.82, 2.24) is 15.2 Å². The van der Waals surface area contributed by atoms with Gasteiger partial charge < -0.3 is 5.11 Å². The summed E-state index contributed by atoms with van der Waals surface area (Å²) in [5.74, 6) is 0.0174. The highest BCUT2D eigenvalue weighted by molar-refractivity contribution is 6.01. The SMILES string of the molecule is CC(=NNC(=O)CN1CCN(Cc2ccccc2)CC1)c1ccccc1O. The molecule has 6 nitrogen and oxygen atoms in total. The smallest absolute Gasteiger partial charge is 0.254 e. The van der Waals surface area contributed by atoms with Gasteiger partial charge in [0.25, 0.3) is 5.91 Å². The number of hydrazone groups is 1. The number of para-hydroxylation sites is 1. The topological polar surface area (TPSA) is 68.2 Å². The van der Waals surface area contributed by atoms with Crippen molar-refractivity contribution >= 4 is 11.6 Å². The Kier molecular flexibility index (Phi) is 6.57. The number of nitrogens with zero attached hydrogens (tertiary/aromatic N) is 3. The average Bonchev–Trinajstić information content (AvgIpc) is 2.69. The van der Waals surface area contributed by atoms with E-state index >= 15 is 0 Å². The summed E-state index contributed by atoms with van der Waals surface area (Å²) >= 11 is 0. The Bertz CT molecular complexity index is 784. The molecular weight excluding hydrogens is 340 g/mol. The predicted octanol–water partition coefficient (Wildman–Crippen LogP) is 2.05. The Morgan fingerprint density at radius 1 is 1.00 bits per heavy atom. The van der Waals surface area contributed by atoms with Crippen LogP contribution >= 0.6 is 0 Å². The number of benzene rings is 2. The van der Waals surface area contributed by atoms with Gasteiger partial charge in [0.15, 0.2) is 0 Å². The van der Waals surface area contributed by atoms with Crippen LogP contribution in [-0.4, -0.2) is 59.2 Å². The summed E-state index contributed by atoms with van der Waals surface area (Å²) in [7, 11) is 0. The van der Waals surface area contributed by atoms with Gasteiger partial charge in [-0.3, -0.25) is 14.6 Å². The molecule has 0 aliphatic carbocycles. The molecule has 1 fully saturated rings. The second kappa shape index (κ2) is 9.30. The lowest BCUT2D eigenvalue weighted by molar-refractivity contribution is -0.122. The molecule has 1 aliphatic rings. The molecule has 0 aromatic heterocycles. The molecule has 1 saturated heterocycles. The minimum absolute atomic E-state index is 0.138. The summed E-state index contributed by atoms with van der Waals surface area (Å²) in [5.41, 5.74) is 5.10. The van der Waals surface area contributed by atoms with Crippen LogP contribution in [0.2, 0.25) is 0 Å². The van der Waals surface area contributed by atoms with Crippen molar-refractivity contribution in [3.63, 3.8) is 0 Å². The van der Waals surface area contributed by atoms with Crippen molar-refractivity contribution < 1.29 is 9.90 Å². The van der Waals surface area contributed by atoms with Crippen molar-refractivity contribution in [3.8, 4) is 5.75 Å². The van der Waals surface area contributed by atoms with E-state index in [2.05, 4.69) is 44.6 Å². The van der Waals surface area contributed by atoms with Gasteiger partial charge in [-0.1, -0.05) is 42.5 Å². The number of amides is 1. The number of carbonyl (C=O) groups excluding carboxylic acids is 1. The first-order valence-electron chi connectivity index (χ1n) is 9.22. The van der Waals surface area contributed by atoms with E-state index in [-0.39, 0.29) is 11.7 Å². The average molecular weight is 366 g/mol. The van der Waals surface area contributed by atoms with E-state index < -0.39 is 0 Å². The quantitative estimate of drug-likeness (QED) is 0.607. The molecule has 0 bridgehead atoms. The molecule has 0 atom stereocenters. The van der Waals surface area contributed by atoms with Crippen LogP contribution < -0.4 is 5.43 Å². The summed E-state index contributed by atoms with van der Waals surface area (Å²) < 4.78 is 0. The van der Waals surface area contributed by atoms with Crippen LogP contribution in [0.5, 0.6) is 5.75 Å². The van der Waals surface area contributed by atoms with Gasteiger partial charge >= 0.3 is 0 Å². The molecule has 2 aromatic rings. The summed E-state index contributed by atoms with van der Waals surface area (Å²) in [6.45, 7) is 6.66. The lowest BCUT2D eigenvalue weighted by Crippen LogP contribution is -2.48. The van der Waals surface area contributed by atoms with Gasteiger partial charge in [-0.05, 0) is 24.6 Å². The van der Waals surface area contributed by atoms with Crippen LogP contribution in [0.25, 0.3) is 0 Å². The van der Waals surface area contributed by atoms with Crippen molar-refractivity contribution in [2.24, 2.45) is 5.10 Å². The largest absolute Gasteiger partial charge is 0.507 e. The summed E-state index contributed by atoms with van der Waals surface area (Å²) in [6.07, 6.45) is 0. The molecule has 1 heterocycles. The standard InChI is InChI=1S/C21H26N4O2/c1-17(19-9-5-6-10-20(19)26)22-23-21(27)16-25-13-11-24(12-14-25)15-18-7-3-2-4-8-18/h2-10,26H,11-16H2,1H3,(H,23,27). The number of phenolic OH excluding ortho intramolecular Hbond substituents is 1. The highest BCUT2D eigenvalue weighted by Gasteiger charge is 2.19. The van der Waals surface area contributed by atoms with E-state index in [0.29, 0.717) is 17.8 Å². The molecule has 2 N–H and O–H groups in total. The summed E-state index contributed by atoms with van der Waals surface area (Å²) in [6, 6.07) is 17.4. The maximum Gasteiger partial charge on any atom is 0.254 e. The van der Waals surface area contributed by atoms with E-state index in [1.54, 1.807) is 25.1 Å². The lowest BCUT2D eigenvalue weighted by atomic mass is 10.1. The minimum atomic E-state index is -0.138. The van der Waals surface area contributed by atoms with E-state index in [1.807, 2.05) is 12.1 Å². The molecule has 0 radical (unpaired) electrons. The van der Waals surface area contributed by atoms with Crippen molar-refractivity contribution in [3.05, 3.63) is 65.7 Å². The Labute approximate surface area is 160 Å². The lowest BCUT2D eigenvalue weighted by Gasteiger charge is -2.34. The second-order valence-corrected chi connectivity index (χ2v) is 6.79. The maximum atomic E-state index is 12.2. The number of aromatic hydroxyl groups is 1. The molecular formula is C21H26N4O2. The predicted molar refractivity (Wildman–Crippen MR) is 107 cm³/mol. The highest BCUT2D eigenvalue weighted by Crippen LogP contribution is 2.16. The molecule has 3 rings (SSSR count). The molecule has 0 unspecified atom stereocenters. The van der Waals surface area contributed by atoms with Gasteiger partial charge in [0.1, 0.15) is 5.75 Å². The Balaban J connectivity index is 1.43. The fraction of sp³-hybridized carbons (Fsp3) is 0.333. The van der Waals surface area contributed by atoms with E-state index in [9.17, 15) is 9.90 Å². The maximum absolute atomic E-state index is 12.2. The van der Waals surface area contributed by atoms with Crippen molar-refractivity contribution in [1.29, 1.82) is 0 Å². The Morgan fingerprint density at radius 2 is 1.63 bits per heavy atom. The second-order valence-electron chi connectivity index (χ2n) is 6.79. The monoisotopic (exact) mass is 366 g/mol. The Morgan fingerprint density at radius 3 is 2.33 bits per heavy atom. The van der Waals surface area contributed by atoms with Gasteiger partial charge in [0.2, 0.25) is 0 Å². The van der Waals surface area contributed by atoms with Crippen LogP contribution in [0.15, 0.2) is 59.7 Å². The Hall–Kier alpha value is -2.70. The molecule has 0 spiro atoms. The van der Waals surface area contributed by atoms with Crippen molar-refractivity contribution in [2.75, 3.05) is 32.7 Å². The minimum Gasteiger partial charge on any atom is -0.507 e. The van der Waals surface area contributed by atoms with Crippen LogP contribution in [-0.2, 0) is 11.3 Å². The van der Waals surface area contributed by atoms with Gasteiger partial charge in [-0.2, -0.15) is 5.10 Å². The first-order valence-corrected chi connectivity index (χ1v) is 9.22. The highest BCUT2D eigenvalue weighted by atomic mass is 16.3. The number of carbonyl (C=O) groups is 1. The number of nitrogens with one attached hydrogen (secondary N) is 1. The molecule has 1 amide bonds. The zero-order chi connectivity index (χ0) is 19.1. The normalized spacial score (nSPS) is 16.3. The molecule has 2 aromatic carbocycles. The molecule has 27 heavy (non-hydrogen) atoms. The van der Waals surface area contributed by atoms with Crippen LogP contribution in [0.1, 0.15) is 18.1 Å². The zero-order valence-electron chi connectivity index (χ0n) is 15.6. The number of hydrogen-bond acceptors (Lipinski definition) is 5. The first-order chi connectivity index (χ1) is 13.1. The number of rotatable bonds is 6. The van der Waals surface area contributed by atoms with Gasteiger partial charge in [-0.25, -0.2) is 5.43 Å². The molecule has 142 valence electrons. The third kappa shape index (κ3) is 5.64. The third-order valence-electron chi connectivity index (χ3n) is 4.72. The third-order valence-corrected chi connectivity index (χ3v) is 4.72. The van der Waals surface area contributed by atoms with E-state index in [1.165, 1.54) is 5.56 Å². The van der Waals surface area contributed by atoms with Crippen molar-refractivity contribution in [2.45, 2.75) is 13.5 Å². The summed E-state index contributed by atoms with van der Waals surface area (Å²) in [4.78, 5) is 16.7. The van der Waals surface area contributed by atoms with Crippen LogP contribution in [0.3, 0.4) is 0 Å². The van der Waals surface area contributed by atoms with Gasteiger partial charge in [-0.15, -0.1) is 0 Å². The number of phenols is 1. The summed E-state index contributed by atoms with van der Waals surface area (Å²) in [5, 5.41) is 13.9. The number of hydrogen-bond donors (Lipinski definition) is 2. The molecule has 0 saturated carbocycles. The van der Waals surface area contributed by atoms with Crippen LogP contribution in [0, 0.1) is 0 Å². The van der Waals surface area contributed by atoms with E-state index in [4.69, 9.17) is 0 Å². The molecule has 1 aliphatic heterocycles. The van der Waals surface area contributed by atoms with Gasteiger partial charge in [0.05, 0.1) is 12.3 Å². The van der Waals surface area contributed by atoms with E-state index in [0.717, 1.165) is 32.7 Å². The fourth-order valence-corrected chi connectivity index (χ4v) is 3.17. The first kappa shape index (κ1) is 19.1. The fourth-order valence-electron chi connectivity index (χ4n) is 3.17. The van der Waals surface area contributed by atoms with Gasteiger partial charge in [0, 0.05) is 38.3 Å². The molecule has 6 heteroatoms.